The van der Waals surface area contributed by atoms with Gasteiger partial charge in [-0.2, -0.15) is 5.10 Å². The molecule has 0 aliphatic carbocycles. The van der Waals surface area contributed by atoms with Gasteiger partial charge in [0.2, 0.25) is 5.88 Å². The van der Waals surface area contributed by atoms with Gasteiger partial charge in [-0.05, 0) is 35.1 Å². The normalized spacial score (nSPS) is 11.1. The van der Waals surface area contributed by atoms with E-state index < -0.39 is 0 Å². The summed E-state index contributed by atoms with van der Waals surface area (Å²) >= 11 is 0. The van der Waals surface area contributed by atoms with Gasteiger partial charge in [0.05, 0.1) is 12.8 Å². The summed E-state index contributed by atoms with van der Waals surface area (Å²) in [7, 11) is 1.89. The van der Waals surface area contributed by atoms with E-state index in [0.29, 0.717) is 29.8 Å². The zero-order chi connectivity index (χ0) is 21.1. The van der Waals surface area contributed by atoms with Crippen molar-refractivity contribution in [3.63, 3.8) is 0 Å². The lowest BCUT2D eigenvalue weighted by Gasteiger charge is -2.09. The van der Waals surface area contributed by atoms with Gasteiger partial charge in [-0.1, -0.05) is 26.0 Å². The number of aryl methyl sites for hydroxylation is 1. The highest BCUT2D eigenvalue weighted by Gasteiger charge is 2.10. The molecular formula is C23H23N5O2. The number of carbonyl (C=O) groups excluding carboxylic acids is 1. The van der Waals surface area contributed by atoms with E-state index in [4.69, 9.17) is 4.74 Å². The summed E-state index contributed by atoms with van der Waals surface area (Å²) in [5.41, 5.74) is 2.56. The molecule has 0 saturated heterocycles. The number of amides is 1. The third kappa shape index (κ3) is 4.46. The molecule has 0 radical (unpaired) electrons. The van der Waals surface area contributed by atoms with Crippen molar-refractivity contribution in [2.24, 2.45) is 13.0 Å². The summed E-state index contributed by atoms with van der Waals surface area (Å²) in [6.45, 7) is 4.66. The van der Waals surface area contributed by atoms with Gasteiger partial charge >= 0.3 is 0 Å². The van der Waals surface area contributed by atoms with Crippen LogP contribution in [0.15, 0.2) is 61.2 Å². The van der Waals surface area contributed by atoms with Crippen LogP contribution in [0.5, 0.6) is 5.88 Å². The minimum Gasteiger partial charge on any atom is -0.477 e. The standard InChI is InChI=1S/C23H23N5O2/c1-15(2)14-30-22-10-17(6-7-24-22)23(29)27-21-9-19-8-16(4-5-18(19)11-25-21)20-12-26-28(3)13-20/h4-13,15H,14H2,1-3H3,(H,25,27,29). The molecule has 0 aliphatic rings. The van der Waals surface area contributed by atoms with E-state index in [1.54, 1.807) is 29.2 Å². The number of ether oxygens (including phenoxy) is 1. The van der Waals surface area contributed by atoms with Crippen LogP contribution in [0.25, 0.3) is 21.9 Å². The van der Waals surface area contributed by atoms with Crippen LogP contribution < -0.4 is 10.1 Å². The summed E-state index contributed by atoms with van der Waals surface area (Å²) in [6.07, 6.45) is 7.11. The highest BCUT2D eigenvalue weighted by molar-refractivity contribution is 6.04. The minimum absolute atomic E-state index is 0.262. The molecule has 152 valence electrons. The van der Waals surface area contributed by atoms with Crippen LogP contribution >= 0.6 is 0 Å². The van der Waals surface area contributed by atoms with Gasteiger partial charge in [0.15, 0.2) is 0 Å². The smallest absolute Gasteiger partial charge is 0.257 e. The molecule has 3 heterocycles. The Morgan fingerprint density at radius 2 is 1.93 bits per heavy atom. The van der Waals surface area contributed by atoms with E-state index in [1.165, 1.54) is 0 Å². The van der Waals surface area contributed by atoms with Crippen LogP contribution in [0, 0.1) is 5.92 Å². The van der Waals surface area contributed by atoms with E-state index in [0.717, 1.165) is 21.9 Å². The number of hydrogen-bond acceptors (Lipinski definition) is 5. The predicted molar refractivity (Wildman–Crippen MR) is 116 cm³/mol. The van der Waals surface area contributed by atoms with Crippen molar-refractivity contribution in [3.8, 4) is 17.0 Å². The molecule has 0 aliphatic heterocycles. The maximum Gasteiger partial charge on any atom is 0.257 e. The van der Waals surface area contributed by atoms with Gasteiger partial charge in [-0.25, -0.2) is 9.97 Å². The number of hydrogen-bond donors (Lipinski definition) is 1. The molecule has 0 bridgehead atoms. The first-order valence-corrected chi connectivity index (χ1v) is 9.77. The van der Waals surface area contributed by atoms with Gasteiger partial charge in [0, 0.05) is 48.2 Å². The number of carbonyl (C=O) groups is 1. The van der Waals surface area contributed by atoms with Gasteiger partial charge in [-0.3, -0.25) is 9.48 Å². The fourth-order valence-electron chi connectivity index (χ4n) is 3.03. The molecule has 0 atom stereocenters. The Kier molecular flexibility index (Phi) is 5.43. The van der Waals surface area contributed by atoms with Gasteiger partial charge < -0.3 is 10.1 Å². The molecule has 4 rings (SSSR count). The fraction of sp³-hybridized carbons (Fsp3) is 0.217. The lowest BCUT2D eigenvalue weighted by molar-refractivity contribution is 0.102. The van der Waals surface area contributed by atoms with Crippen molar-refractivity contribution in [1.82, 2.24) is 19.7 Å². The van der Waals surface area contributed by atoms with Crippen molar-refractivity contribution < 1.29 is 9.53 Å². The van der Waals surface area contributed by atoms with Gasteiger partial charge in [-0.15, -0.1) is 0 Å². The van der Waals surface area contributed by atoms with Crippen LogP contribution in [0.2, 0.25) is 0 Å². The predicted octanol–water partition coefficient (Wildman–Crippen LogP) is 4.32. The zero-order valence-corrected chi connectivity index (χ0v) is 17.2. The number of rotatable bonds is 6. The van der Waals surface area contributed by atoms with Crippen LogP contribution in [-0.2, 0) is 7.05 Å². The molecule has 0 spiro atoms. The minimum atomic E-state index is -0.262. The van der Waals surface area contributed by atoms with E-state index in [1.807, 2.05) is 37.6 Å². The number of nitrogens with zero attached hydrogens (tertiary/aromatic N) is 4. The van der Waals surface area contributed by atoms with Crippen molar-refractivity contribution >= 4 is 22.5 Å². The molecule has 7 nitrogen and oxygen atoms in total. The number of pyridine rings is 2. The van der Waals surface area contributed by atoms with E-state index in [-0.39, 0.29) is 5.91 Å². The Morgan fingerprint density at radius 3 is 2.70 bits per heavy atom. The summed E-state index contributed by atoms with van der Waals surface area (Å²) in [4.78, 5) is 21.2. The number of anilines is 1. The molecule has 1 N–H and O–H groups in total. The molecule has 1 amide bonds. The quantitative estimate of drug-likeness (QED) is 0.520. The Morgan fingerprint density at radius 1 is 1.07 bits per heavy atom. The third-order valence-electron chi connectivity index (χ3n) is 4.56. The fourth-order valence-corrected chi connectivity index (χ4v) is 3.03. The summed E-state index contributed by atoms with van der Waals surface area (Å²) < 4.78 is 7.38. The SMILES string of the molecule is CC(C)COc1cc(C(=O)Nc2cc3cc(-c4cnn(C)c4)ccc3cn2)ccn1. The van der Waals surface area contributed by atoms with E-state index in [9.17, 15) is 4.79 Å². The Hall–Kier alpha value is -3.74. The summed E-state index contributed by atoms with van der Waals surface area (Å²) in [5.74, 6) is 1.03. The van der Waals surface area contributed by atoms with E-state index in [2.05, 4.69) is 40.3 Å². The van der Waals surface area contributed by atoms with E-state index >= 15 is 0 Å². The Balaban J connectivity index is 1.54. The largest absolute Gasteiger partial charge is 0.477 e. The number of fused-ring (bicyclic) bond motifs is 1. The monoisotopic (exact) mass is 401 g/mol. The lowest BCUT2D eigenvalue weighted by Crippen LogP contribution is -2.13. The van der Waals surface area contributed by atoms with Crippen molar-refractivity contribution in [3.05, 3.63) is 66.7 Å². The second kappa shape index (κ2) is 8.32. The molecule has 4 aromatic rings. The molecule has 0 saturated carbocycles. The second-order valence-corrected chi connectivity index (χ2v) is 7.58. The molecule has 0 fully saturated rings. The molecular weight excluding hydrogens is 378 g/mol. The van der Waals surface area contributed by atoms with Crippen LogP contribution in [0.3, 0.4) is 0 Å². The van der Waals surface area contributed by atoms with Crippen molar-refractivity contribution in [2.75, 3.05) is 11.9 Å². The zero-order valence-electron chi connectivity index (χ0n) is 17.2. The maximum absolute atomic E-state index is 12.7. The third-order valence-corrected chi connectivity index (χ3v) is 4.56. The molecule has 3 aromatic heterocycles. The molecule has 1 aromatic carbocycles. The van der Waals surface area contributed by atoms with Crippen LogP contribution in [0.1, 0.15) is 24.2 Å². The molecule has 7 heteroatoms. The molecule has 30 heavy (non-hydrogen) atoms. The van der Waals surface area contributed by atoms with Gasteiger partial charge in [0.1, 0.15) is 5.82 Å². The number of benzene rings is 1. The maximum atomic E-state index is 12.7. The summed E-state index contributed by atoms with van der Waals surface area (Å²) in [6, 6.07) is 11.3. The Labute approximate surface area is 174 Å². The lowest BCUT2D eigenvalue weighted by atomic mass is 10.1. The topological polar surface area (TPSA) is 81.9 Å². The van der Waals surface area contributed by atoms with Crippen LogP contribution in [-0.4, -0.2) is 32.3 Å². The number of nitrogens with one attached hydrogen (secondary N) is 1. The van der Waals surface area contributed by atoms with Crippen molar-refractivity contribution in [1.29, 1.82) is 0 Å². The van der Waals surface area contributed by atoms with Crippen LogP contribution in [0.4, 0.5) is 5.82 Å². The average Bonchev–Trinajstić information content (AvgIpc) is 3.18. The van der Waals surface area contributed by atoms with Crippen molar-refractivity contribution in [2.45, 2.75) is 13.8 Å². The first-order chi connectivity index (χ1) is 14.5. The average molecular weight is 401 g/mol. The second-order valence-electron chi connectivity index (χ2n) is 7.58. The molecule has 0 unspecified atom stereocenters. The first-order valence-electron chi connectivity index (χ1n) is 9.77. The number of aromatic nitrogens is 4. The van der Waals surface area contributed by atoms with Gasteiger partial charge in [0.25, 0.3) is 5.91 Å². The summed E-state index contributed by atoms with van der Waals surface area (Å²) in [5, 5.41) is 9.06. The highest BCUT2D eigenvalue weighted by Crippen LogP contribution is 2.25. The first kappa shape index (κ1) is 19.6. The Bertz CT molecular complexity index is 1200. The highest BCUT2D eigenvalue weighted by atomic mass is 16.5.